The van der Waals surface area contributed by atoms with Crippen molar-refractivity contribution in [2.24, 2.45) is 0 Å². The Labute approximate surface area is 168 Å². The van der Waals surface area contributed by atoms with Crippen LogP contribution < -0.4 is 5.32 Å². The summed E-state index contributed by atoms with van der Waals surface area (Å²) in [5.74, 6) is 0.304. The topological polar surface area (TPSA) is 68.0 Å². The van der Waals surface area contributed by atoms with E-state index in [1.165, 1.54) is 22.7 Å². The number of thiazole rings is 1. The second kappa shape index (κ2) is 7.64. The summed E-state index contributed by atoms with van der Waals surface area (Å²) in [5, 5.41) is 10.2. The maximum Gasteiger partial charge on any atom is 0.273 e. The number of nitrogens with zero attached hydrogens (tertiary/aromatic N) is 2. The molecule has 1 aromatic carbocycles. The molecule has 136 valence electrons. The first kappa shape index (κ1) is 17.9. The average molecular weight is 416 g/mol. The van der Waals surface area contributed by atoms with E-state index in [0.717, 1.165) is 26.0 Å². The smallest absolute Gasteiger partial charge is 0.273 e. The second-order valence-corrected chi connectivity index (χ2v) is 8.18. The maximum atomic E-state index is 12.4. The number of thiophene rings is 1. The van der Waals surface area contributed by atoms with E-state index >= 15 is 0 Å². The number of carbonyl (C=O) groups is 1. The first-order valence-electron chi connectivity index (χ1n) is 8.12. The molecule has 0 radical (unpaired) electrons. The van der Waals surface area contributed by atoms with Crippen molar-refractivity contribution in [3.8, 4) is 21.2 Å². The molecule has 0 atom stereocenters. The lowest BCUT2D eigenvalue weighted by atomic mass is 10.2. The fourth-order valence-electron chi connectivity index (χ4n) is 2.51. The van der Waals surface area contributed by atoms with Crippen molar-refractivity contribution in [1.29, 1.82) is 0 Å². The number of rotatable bonds is 5. The van der Waals surface area contributed by atoms with Gasteiger partial charge < -0.3 is 9.84 Å². The van der Waals surface area contributed by atoms with Crippen LogP contribution in [-0.2, 0) is 6.54 Å². The quantitative estimate of drug-likeness (QED) is 0.472. The lowest BCUT2D eigenvalue weighted by Gasteiger charge is -2.01. The lowest BCUT2D eigenvalue weighted by molar-refractivity contribution is 0.0942. The zero-order valence-electron chi connectivity index (χ0n) is 14.2. The number of halogens is 1. The Kier molecular flexibility index (Phi) is 5.07. The van der Waals surface area contributed by atoms with Crippen LogP contribution in [-0.4, -0.2) is 16.0 Å². The van der Waals surface area contributed by atoms with Crippen molar-refractivity contribution in [3.05, 3.63) is 69.1 Å². The number of amides is 1. The number of hydrogen-bond acceptors (Lipinski definition) is 6. The molecule has 0 saturated heterocycles. The predicted octanol–water partition coefficient (Wildman–Crippen LogP) is 5.42. The number of hydrogen-bond donors (Lipinski definition) is 1. The number of carbonyl (C=O) groups excluding carboxylic acids is 1. The van der Waals surface area contributed by atoms with E-state index in [9.17, 15) is 4.79 Å². The van der Waals surface area contributed by atoms with Crippen LogP contribution in [0.4, 0.5) is 0 Å². The van der Waals surface area contributed by atoms with Gasteiger partial charge in [-0.3, -0.25) is 4.79 Å². The molecule has 3 aromatic heterocycles. The Morgan fingerprint density at radius 3 is 2.89 bits per heavy atom. The van der Waals surface area contributed by atoms with E-state index in [-0.39, 0.29) is 11.6 Å². The van der Waals surface area contributed by atoms with Gasteiger partial charge in [0.25, 0.3) is 5.91 Å². The van der Waals surface area contributed by atoms with Gasteiger partial charge in [-0.05, 0) is 24.4 Å². The highest BCUT2D eigenvalue weighted by Crippen LogP contribution is 2.32. The van der Waals surface area contributed by atoms with Gasteiger partial charge in [-0.2, -0.15) is 0 Å². The molecule has 0 bridgehead atoms. The summed E-state index contributed by atoms with van der Waals surface area (Å²) >= 11 is 9.30. The predicted molar refractivity (Wildman–Crippen MR) is 108 cm³/mol. The first-order chi connectivity index (χ1) is 13.1. The number of aromatic nitrogens is 2. The van der Waals surface area contributed by atoms with Crippen LogP contribution in [0.1, 0.15) is 21.1 Å². The number of aryl methyl sites for hydroxylation is 1. The van der Waals surface area contributed by atoms with Gasteiger partial charge in [0, 0.05) is 16.5 Å². The summed E-state index contributed by atoms with van der Waals surface area (Å²) in [6, 6.07) is 13.1. The first-order valence-corrected chi connectivity index (χ1v) is 10.2. The van der Waals surface area contributed by atoms with E-state index in [1.54, 1.807) is 6.07 Å². The monoisotopic (exact) mass is 415 g/mol. The largest absolute Gasteiger partial charge is 0.355 e. The summed E-state index contributed by atoms with van der Waals surface area (Å²) in [7, 11) is 0. The van der Waals surface area contributed by atoms with Crippen LogP contribution >= 0.6 is 34.3 Å². The zero-order chi connectivity index (χ0) is 18.8. The van der Waals surface area contributed by atoms with Crippen LogP contribution in [0.15, 0.2) is 52.4 Å². The molecule has 1 amide bonds. The minimum Gasteiger partial charge on any atom is -0.355 e. The van der Waals surface area contributed by atoms with E-state index in [1.807, 2.05) is 48.7 Å². The fraction of sp³-hybridized carbons (Fsp3) is 0.105. The van der Waals surface area contributed by atoms with Gasteiger partial charge in [0.2, 0.25) is 0 Å². The Morgan fingerprint density at radius 1 is 1.26 bits per heavy atom. The third-order valence-corrected chi connectivity index (χ3v) is 6.32. The summed E-state index contributed by atoms with van der Waals surface area (Å²) in [6.45, 7) is 2.29. The Morgan fingerprint density at radius 2 is 2.11 bits per heavy atom. The molecule has 4 aromatic rings. The Balaban J connectivity index is 1.46. The minimum absolute atomic E-state index is 0.256. The third kappa shape index (κ3) is 3.80. The third-order valence-electron chi connectivity index (χ3n) is 3.91. The normalized spacial score (nSPS) is 10.9. The Hall–Kier alpha value is -2.48. The van der Waals surface area contributed by atoms with Gasteiger partial charge >= 0.3 is 0 Å². The van der Waals surface area contributed by atoms with E-state index in [2.05, 4.69) is 15.5 Å². The molecule has 4 rings (SSSR count). The summed E-state index contributed by atoms with van der Waals surface area (Å²) < 4.78 is 5.26. The lowest BCUT2D eigenvalue weighted by Crippen LogP contribution is -2.22. The highest BCUT2D eigenvalue weighted by molar-refractivity contribution is 7.15. The summed E-state index contributed by atoms with van der Waals surface area (Å²) in [4.78, 5) is 18.9. The molecule has 8 heteroatoms. The summed E-state index contributed by atoms with van der Waals surface area (Å²) in [5.41, 5.74) is 2.02. The number of nitrogens with one attached hydrogen (secondary N) is 1. The van der Waals surface area contributed by atoms with Gasteiger partial charge in [0.05, 0.1) is 22.1 Å². The van der Waals surface area contributed by atoms with Crippen LogP contribution in [0.2, 0.25) is 5.02 Å². The molecular weight excluding hydrogens is 402 g/mol. The van der Waals surface area contributed by atoms with E-state index < -0.39 is 0 Å². The molecular formula is C19H14ClN3O2S2. The van der Waals surface area contributed by atoms with Crippen molar-refractivity contribution < 1.29 is 9.32 Å². The SMILES string of the molecule is Cc1nc(-c2ccccc2Cl)sc1CNC(=O)c1cc(-c2cccs2)on1. The molecule has 0 aliphatic rings. The van der Waals surface area contributed by atoms with Crippen molar-refractivity contribution in [1.82, 2.24) is 15.5 Å². The van der Waals surface area contributed by atoms with Gasteiger partial charge in [-0.15, -0.1) is 22.7 Å². The second-order valence-electron chi connectivity index (χ2n) is 5.74. The van der Waals surface area contributed by atoms with Gasteiger partial charge in [0.1, 0.15) is 5.01 Å². The Bertz CT molecular complexity index is 1090. The van der Waals surface area contributed by atoms with Crippen LogP contribution in [0.3, 0.4) is 0 Å². The van der Waals surface area contributed by atoms with E-state index in [4.69, 9.17) is 16.1 Å². The van der Waals surface area contributed by atoms with Crippen LogP contribution in [0.5, 0.6) is 0 Å². The molecule has 0 aliphatic carbocycles. The molecule has 27 heavy (non-hydrogen) atoms. The molecule has 0 spiro atoms. The molecule has 1 N–H and O–H groups in total. The van der Waals surface area contributed by atoms with Gasteiger partial charge in [-0.25, -0.2) is 4.98 Å². The molecule has 3 heterocycles. The average Bonchev–Trinajstić information content (AvgIpc) is 3.40. The van der Waals surface area contributed by atoms with Crippen molar-refractivity contribution in [2.75, 3.05) is 0 Å². The molecule has 0 unspecified atom stereocenters. The highest BCUT2D eigenvalue weighted by Gasteiger charge is 2.16. The molecule has 0 saturated carbocycles. The molecule has 5 nitrogen and oxygen atoms in total. The zero-order valence-corrected chi connectivity index (χ0v) is 16.6. The van der Waals surface area contributed by atoms with Crippen LogP contribution in [0.25, 0.3) is 21.2 Å². The van der Waals surface area contributed by atoms with Crippen molar-refractivity contribution in [2.45, 2.75) is 13.5 Å². The van der Waals surface area contributed by atoms with E-state index in [0.29, 0.717) is 17.3 Å². The molecule has 0 fully saturated rings. The molecule has 0 aliphatic heterocycles. The number of benzene rings is 1. The standard InChI is InChI=1S/C19H14ClN3O2S2/c1-11-17(27-19(22-11)12-5-2-3-6-13(12)20)10-21-18(24)14-9-15(25-23-14)16-7-4-8-26-16/h2-9H,10H2,1H3,(H,21,24). The van der Waals surface area contributed by atoms with Crippen molar-refractivity contribution >= 4 is 40.2 Å². The highest BCUT2D eigenvalue weighted by atomic mass is 35.5. The van der Waals surface area contributed by atoms with Crippen molar-refractivity contribution in [3.63, 3.8) is 0 Å². The van der Waals surface area contributed by atoms with Gasteiger partial charge in [-0.1, -0.05) is 41.0 Å². The fourth-order valence-corrected chi connectivity index (χ4v) is 4.51. The van der Waals surface area contributed by atoms with Gasteiger partial charge in [0.15, 0.2) is 11.5 Å². The van der Waals surface area contributed by atoms with Crippen LogP contribution in [0, 0.1) is 6.92 Å². The summed E-state index contributed by atoms with van der Waals surface area (Å²) in [6.07, 6.45) is 0. The minimum atomic E-state index is -0.284. The maximum absolute atomic E-state index is 12.4.